The number of amides is 1. The number of hydrogen-bond acceptors (Lipinski definition) is 6. The largest absolute Gasteiger partial charge is 0.443 e. The number of halogens is 2. The zero-order valence-electron chi connectivity index (χ0n) is 11.7. The first-order valence-electron chi connectivity index (χ1n) is 5.79. The van der Waals surface area contributed by atoms with Gasteiger partial charge in [0.05, 0.1) is 13.2 Å². The second-order valence-electron chi connectivity index (χ2n) is 4.80. The molecular formula is C11H16Cl2N4O3. The standard InChI is InChI=1S/C11H16Cl2N4O3/c1-11(2,3)20-10(18)17(5-6-19-4)9-15-7(12)14-8(13)16-9/h5-6H2,1-4H3. The zero-order valence-corrected chi connectivity index (χ0v) is 13.2. The lowest BCUT2D eigenvalue weighted by atomic mass is 10.2. The van der Waals surface area contributed by atoms with Gasteiger partial charge in [0, 0.05) is 7.11 Å². The Morgan fingerprint density at radius 3 is 2.20 bits per heavy atom. The molecule has 20 heavy (non-hydrogen) atoms. The van der Waals surface area contributed by atoms with E-state index < -0.39 is 11.7 Å². The van der Waals surface area contributed by atoms with Gasteiger partial charge in [-0.3, -0.25) is 0 Å². The Labute approximate surface area is 127 Å². The van der Waals surface area contributed by atoms with Crippen LogP contribution in [0.2, 0.25) is 10.6 Å². The van der Waals surface area contributed by atoms with Crippen LogP contribution < -0.4 is 4.90 Å². The minimum atomic E-state index is -0.650. The first-order chi connectivity index (χ1) is 9.23. The van der Waals surface area contributed by atoms with E-state index in [4.69, 9.17) is 32.7 Å². The topological polar surface area (TPSA) is 77.4 Å². The van der Waals surface area contributed by atoms with Crippen LogP contribution in [0.25, 0.3) is 0 Å². The molecule has 112 valence electrons. The summed E-state index contributed by atoms with van der Waals surface area (Å²) >= 11 is 11.4. The van der Waals surface area contributed by atoms with Crippen molar-refractivity contribution in [1.82, 2.24) is 15.0 Å². The number of anilines is 1. The lowest BCUT2D eigenvalue weighted by Crippen LogP contribution is -2.39. The molecule has 0 fully saturated rings. The van der Waals surface area contributed by atoms with E-state index in [1.165, 1.54) is 12.0 Å². The maximum atomic E-state index is 12.1. The SMILES string of the molecule is COCCN(C(=O)OC(C)(C)C)c1nc(Cl)nc(Cl)n1. The molecule has 0 aliphatic heterocycles. The fraction of sp³-hybridized carbons (Fsp3) is 0.636. The molecule has 7 nitrogen and oxygen atoms in total. The van der Waals surface area contributed by atoms with Crippen LogP contribution in [0.5, 0.6) is 0 Å². The number of ether oxygens (including phenoxy) is 2. The van der Waals surface area contributed by atoms with Gasteiger partial charge in [0.15, 0.2) is 0 Å². The van der Waals surface area contributed by atoms with E-state index in [0.717, 1.165) is 0 Å². The van der Waals surface area contributed by atoms with Gasteiger partial charge in [0.25, 0.3) is 0 Å². The summed E-state index contributed by atoms with van der Waals surface area (Å²) < 4.78 is 10.2. The average molecular weight is 323 g/mol. The second-order valence-corrected chi connectivity index (χ2v) is 5.47. The van der Waals surface area contributed by atoms with E-state index in [-0.39, 0.29) is 29.7 Å². The Hall–Kier alpha value is -1.18. The summed E-state index contributed by atoms with van der Waals surface area (Å²) in [5.41, 5.74) is -0.650. The van der Waals surface area contributed by atoms with Crippen molar-refractivity contribution in [1.29, 1.82) is 0 Å². The van der Waals surface area contributed by atoms with Crippen molar-refractivity contribution in [2.75, 3.05) is 25.2 Å². The van der Waals surface area contributed by atoms with E-state index in [0.29, 0.717) is 0 Å². The van der Waals surface area contributed by atoms with Crippen LogP contribution >= 0.6 is 23.2 Å². The van der Waals surface area contributed by atoms with E-state index in [9.17, 15) is 4.79 Å². The minimum absolute atomic E-state index is 0.0151. The Balaban J connectivity index is 3.01. The van der Waals surface area contributed by atoms with Gasteiger partial charge in [-0.15, -0.1) is 0 Å². The van der Waals surface area contributed by atoms with E-state index in [1.54, 1.807) is 20.8 Å². The molecule has 0 aliphatic carbocycles. The summed E-state index contributed by atoms with van der Waals surface area (Å²) in [6.45, 7) is 5.74. The van der Waals surface area contributed by atoms with E-state index >= 15 is 0 Å². The molecule has 1 amide bonds. The highest BCUT2D eigenvalue weighted by molar-refractivity contribution is 6.31. The fourth-order valence-corrected chi connectivity index (χ4v) is 1.56. The molecule has 0 bridgehead atoms. The predicted octanol–water partition coefficient (Wildman–Crippen LogP) is 2.57. The van der Waals surface area contributed by atoms with Crippen LogP contribution in [0.15, 0.2) is 0 Å². The molecule has 0 atom stereocenters. The fourth-order valence-electron chi connectivity index (χ4n) is 1.21. The third kappa shape index (κ3) is 5.44. The summed E-state index contributed by atoms with van der Waals surface area (Å²) in [7, 11) is 1.51. The van der Waals surface area contributed by atoms with Gasteiger partial charge in [0.2, 0.25) is 16.5 Å². The molecular weight excluding hydrogens is 307 g/mol. The summed E-state index contributed by atoms with van der Waals surface area (Å²) in [6, 6.07) is 0. The predicted molar refractivity (Wildman–Crippen MR) is 75.3 cm³/mol. The Bertz CT molecular complexity index is 459. The quantitative estimate of drug-likeness (QED) is 0.847. The normalized spacial score (nSPS) is 11.3. The van der Waals surface area contributed by atoms with Crippen LogP contribution in [-0.2, 0) is 9.47 Å². The monoisotopic (exact) mass is 322 g/mol. The zero-order chi connectivity index (χ0) is 15.3. The first-order valence-corrected chi connectivity index (χ1v) is 6.55. The molecule has 0 aromatic carbocycles. The number of rotatable bonds is 4. The summed E-state index contributed by atoms with van der Waals surface area (Å²) in [5.74, 6) is 0.0151. The van der Waals surface area contributed by atoms with Crippen LogP contribution in [0, 0.1) is 0 Å². The number of nitrogens with zero attached hydrogens (tertiary/aromatic N) is 4. The van der Waals surface area contributed by atoms with E-state index in [1.807, 2.05) is 0 Å². The molecule has 0 radical (unpaired) electrons. The Morgan fingerprint density at radius 2 is 1.75 bits per heavy atom. The Morgan fingerprint density at radius 1 is 1.20 bits per heavy atom. The molecule has 1 rings (SSSR count). The molecule has 0 saturated carbocycles. The van der Waals surface area contributed by atoms with Crippen molar-refractivity contribution < 1.29 is 14.3 Å². The maximum absolute atomic E-state index is 12.1. The molecule has 0 aliphatic rings. The highest BCUT2D eigenvalue weighted by atomic mass is 35.5. The van der Waals surface area contributed by atoms with Gasteiger partial charge in [-0.1, -0.05) is 0 Å². The summed E-state index contributed by atoms with van der Waals surface area (Å²) in [5, 5.41) is -0.211. The second kappa shape index (κ2) is 7.01. The van der Waals surface area contributed by atoms with Crippen molar-refractivity contribution in [3.05, 3.63) is 10.6 Å². The highest BCUT2D eigenvalue weighted by Gasteiger charge is 2.25. The third-order valence-corrected chi connectivity index (χ3v) is 2.28. The van der Waals surface area contributed by atoms with Gasteiger partial charge in [-0.05, 0) is 44.0 Å². The van der Waals surface area contributed by atoms with Crippen molar-refractivity contribution in [2.24, 2.45) is 0 Å². The summed E-state index contributed by atoms with van der Waals surface area (Å²) in [6.07, 6.45) is -0.618. The van der Waals surface area contributed by atoms with E-state index in [2.05, 4.69) is 15.0 Å². The third-order valence-electron chi connectivity index (χ3n) is 1.94. The van der Waals surface area contributed by atoms with Crippen molar-refractivity contribution >= 4 is 35.2 Å². The van der Waals surface area contributed by atoms with Gasteiger partial charge in [-0.25, -0.2) is 9.69 Å². The molecule has 9 heteroatoms. The first kappa shape index (κ1) is 16.9. The van der Waals surface area contributed by atoms with Crippen LogP contribution in [0.3, 0.4) is 0 Å². The number of methoxy groups -OCH3 is 1. The molecule has 0 saturated heterocycles. The van der Waals surface area contributed by atoms with Gasteiger partial charge in [0.1, 0.15) is 5.60 Å². The molecule has 0 unspecified atom stereocenters. The average Bonchev–Trinajstić information content (AvgIpc) is 2.25. The van der Waals surface area contributed by atoms with Crippen molar-refractivity contribution in [3.8, 4) is 0 Å². The van der Waals surface area contributed by atoms with Gasteiger partial charge in [-0.2, -0.15) is 15.0 Å². The smallest absolute Gasteiger partial charge is 0.417 e. The van der Waals surface area contributed by atoms with Crippen molar-refractivity contribution in [2.45, 2.75) is 26.4 Å². The molecule has 0 N–H and O–H groups in total. The minimum Gasteiger partial charge on any atom is -0.443 e. The van der Waals surface area contributed by atoms with Crippen LogP contribution in [-0.4, -0.2) is 46.9 Å². The number of carbonyl (C=O) groups excluding carboxylic acids is 1. The number of aromatic nitrogens is 3. The highest BCUT2D eigenvalue weighted by Crippen LogP contribution is 2.17. The molecule has 1 aromatic heterocycles. The number of carbonyl (C=O) groups is 1. The number of hydrogen-bond donors (Lipinski definition) is 0. The Kier molecular flexibility index (Phi) is 5.91. The van der Waals surface area contributed by atoms with Crippen LogP contribution in [0.4, 0.5) is 10.7 Å². The van der Waals surface area contributed by atoms with Gasteiger partial charge < -0.3 is 9.47 Å². The lowest BCUT2D eigenvalue weighted by Gasteiger charge is -2.25. The lowest BCUT2D eigenvalue weighted by molar-refractivity contribution is 0.0566. The summed E-state index contributed by atoms with van der Waals surface area (Å²) in [4.78, 5) is 24.7. The van der Waals surface area contributed by atoms with Crippen molar-refractivity contribution in [3.63, 3.8) is 0 Å². The molecule has 1 heterocycles. The van der Waals surface area contributed by atoms with Crippen LogP contribution in [0.1, 0.15) is 20.8 Å². The maximum Gasteiger partial charge on any atom is 0.417 e. The molecule has 0 spiro atoms. The molecule has 1 aromatic rings. The van der Waals surface area contributed by atoms with Gasteiger partial charge >= 0.3 is 6.09 Å².